The van der Waals surface area contributed by atoms with Gasteiger partial charge in [-0.1, -0.05) is 30.3 Å². The van der Waals surface area contributed by atoms with Gasteiger partial charge in [-0.25, -0.2) is 4.98 Å². The van der Waals surface area contributed by atoms with Crippen molar-refractivity contribution in [3.05, 3.63) is 58.1 Å². The lowest BCUT2D eigenvalue weighted by Gasteiger charge is -2.33. The summed E-state index contributed by atoms with van der Waals surface area (Å²) < 4.78 is 0. The lowest BCUT2D eigenvalue weighted by atomic mass is 10.2. The number of hydrogen-bond acceptors (Lipinski definition) is 4. The van der Waals surface area contributed by atoms with E-state index in [9.17, 15) is 4.79 Å². The maximum atomic E-state index is 12.2. The molecular formula is C18H21N3OS. The molecule has 5 heteroatoms. The van der Waals surface area contributed by atoms with E-state index in [4.69, 9.17) is 0 Å². The topological polar surface area (TPSA) is 36.4 Å². The van der Waals surface area contributed by atoms with E-state index in [0.717, 1.165) is 49.0 Å². The van der Waals surface area contributed by atoms with E-state index in [0.29, 0.717) is 0 Å². The third kappa shape index (κ3) is 4.50. The Hall–Kier alpha value is -1.98. The molecule has 1 fully saturated rings. The van der Waals surface area contributed by atoms with E-state index < -0.39 is 0 Å². The fourth-order valence-corrected chi connectivity index (χ4v) is 3.28. The highest BCUT2D eigenvalue weighted by Crippen LogP contribution is 2.12. The van der Waals surface area contributed by atoms with E-state index in [-0.39, 0.29) is 5.91 Å². The predicted molar refractivity (Wildman–Crippen MR) is 94.2 cm³/mol. The van der Waals surface area contributed by atoms with Crippen LogP contribution in [0.4, 0.5) is 0 Å². The normalized spacial score (nSPS) is 16.1. The van der Waals surface area contributed by atoms with E-state index >= 15 is 0 Å². The van der Waals surface area contributed by atoms with Gasteiger partial charge in [-0.3, -0.25) is 9.69 Å². The van der Waals surface area contributed by atoms with Crippen LogP contribution in [0.5, 0.6) is 0 Å². The van der Waals surface area contributed by atoms with E-state index in [1.165, 1.54) is 0 Å². The van der Waals surface area contributed by atoms with Gasteiger partial charge in [0.15, 0.2) is 0 Å². The number of carbonyl (C=O) groups excluding carboxylic acids is 1. The minimum atomic E-state index is 0.0954. The number of nitrogens with zero attached hydrogens (tertiary/aromatic N) is 3. The van der Waals surface area contributed by atoms with Crippen molar-refractivity contribution >= 4 is 23.3 Å². The molecule has 4 nitrogen and oxygen atoms in total. The van der Waals surface area contributed by atoms with Gasteiger partial charge < -0.3 is 4.90 Å². The van der Waals surface area contributed by atoms with Gasteiger partial charge in [-0.15, -0.1) is 11.3 Å². The second-order valence-corrected chi connectivity index (χ2v) is 6.77. The molecular weight excluding hydrogens is 306 g/mol. The second kappa shape index (κ2) is 7.53. The highest BCUT2D eigenvalue weighted by Gasteiger charge is 2.20. The minimum absolute atomic E-state index is 0.0954. The number of piperazine rings is 1. The summed E-state index contributed by atoms with van der Waals surface area (Å²) >= 11 is 1.69. The summed E-state index contributed by atoms with van der Waals surface area (Å²) in [6.45, 7) is 6.28. The lowest BCUT2D eigenvalue weighted by Crippen LogP contribution is -2.47. The molecule has 23 heavy (non-hydrogen) atoms. The Labute approximate surface area is 141 Å². The van der Waals surface area contributed by atoms with Crippen LogP contribution in [0.15, 0.2) is 41.8 Å². The molecule has 0 atom stereocenters. The number of benzene rings is 1. The van der Waals surface area contributed by atoms with E-state index in [1.807, 2.05) is 48.2 Å². The number of aryl methyl sites for hydroxylation is 1. The van der Waals surface area contributed by atoms with Crippen LogP contribution < -0.4 is 0 Å². The van der Waals surface area contributed by atoms with Gasteiger partial charge in [0.2, 0.25) is 5.91 Å². The van der Waals surface area contributed by atoms with Crippen molar-refractivity contribution in [3.8, 4) is 0 Å². The van der Waals surface area contributed by atoms with Crippen LogP contribution in [0.25, 0.3) is 6.08 Å². The maximum Gasteiger partial charge on any atom is 0.246 e. The molecule has 1 aliphatic heterocycles. The Kier molecular flexibility index (Phi) is 5.20. The van der Waals surface area contributed by atoms with Crippen LogP contribution in [-0.2, 0) is 11.3 Å². The van der Waals surface area contributed by atoms with Gasteiger partial charge in [-0.05, 0) is 18.6 Å². The SMILES string of the molecule is Cc1nc(CN2CCN(C(=O)/C=C/c3ccccc3)CC2)cs1. The maximum absolute atomic E-state index is 12.2. The molecule has 1 saturated heterocycles. The number of amides is 1. The molecule has 0 spiro atoms. The van der Waals surface area contributed by atoms with Gasteiger partial charge in [-0.2, -0.15) is 0 Å². The van der Waals surface area contributed by atoms with Crippen molar-refractivity contribution in [3.63, 3.8) is 0 Å². The quantitative estimate of drug-likeness (QED) is 0.810. The van der Waals surface area contributed by atoms with Gasteiger partial charge >= 0.3 is 0 Å². The zero-order valence-corrected chi connectivity index (χ0v) is 14.1. The van der Waals surface area contributed by atoms with Crippen molar-refractivity contribution < 1.29 is 4.79 Å². The molecule has 0 aliphatic carbocycles. The first kappa shape index (κ1) is 15.9. The Bertz CT molecular complexity index is 673. The Morgan fingerprint density at radius 1 is 1.22 bits per heavy atom. The average molecular weight is 327 g/mol. The third-order valence-corrected chi connectivity index (χ3v) is 4.78. The minimum Gasteiger partial charge on any atom is -0.337 e. The summed E-state index contributed by atoms with van der Waals surface area (Å²) in [6.07, 6.45) is 3.56. The van der Waals surface area contributed by atoms with Crippen molar-refractivity contribution in [1.29, 1.82) is 0 Å². The number of aromatic nitrogens is 1. The van der Waals surface area contributed by atoms with Crippen LogP contribution in [-0.4, -0.2) is 46.9 Å². The van der Waals surface area contributed by atoms with Crippen molar-refractivity contribution in [1.82, 2.24) is 14.8 Å². The van der Waals surface area contributed by atoms with Crippen LogP contribution in [0, 0.1) is 6.92 Å². The average Bonchev–Trinajstić information content (AvgIpc) is 2.99. The summed E-state index contributed by atoms with van der Waals surface area (Å²) in [5.74, 6) is 0.0954. The molecule has 0 unspecified atom stereocenters. The first-order chi connectivity index (χ1) is 11.2. The van der Waals surface area contributed by atoms with E-state index in [2.05, 4.69) is 15.3 Å². The number of thiazole rings is 1. The smallest absolute Gasteiger partial charge is 0.246 e. The van der Waals surface area contributed by atoms with Crippen molar-refractivity contribution in [2.45, 2.75) is 13.5 Å². The number of hydrogen-bond donors (Lipinski definition) is 0. The number of carbonyl (C=O) groups is 1. The molecule has 1 amide bonds. The molecule has 2 heterocycles. The summed E-state index contributed by atoms with van der Waals surface area (Å²) in [7, 11) is 0. The molecule has 1 aromatic carbocycles. The molecule has 0 radical (unpaired) electrons. The second-order valence-electron chi connectivity index (χ2n) is 5.70. The predicted octanol–water partition coefficient (Wildman–Crippen LogP) is 2.81. The first-order valence-corrected chi connectivity index (χ1v) is 8.74. The van der Waals surface area contributed by atoms with Gasteiger partial charge in [0.25, 0.3) is 0 Å². The largest absolute Gasteiger partial charge is 0.337 e. The fourth-order valence-electron chi connectivity index (χ4n) is 2.67. The Morgan fingerprint density at radius 3 is 2.61 bits per heavy atom. The third-order valence-electron chi connectivity index (χ3n) is 3.95. The molecule has 0 N–H and O–H groups in total. The highest BCUT2D eigenvalue weighted by atomic mass is 32.1. The van der Waals surface area contributed by atoms with Crippen LogP contribution >= 0.6 is 11.3 Å². The molecule has 0 saturated carbocycles. The van der Waals surface area contributed by atoms with Crippen molar-refractivity contribution in [2.75, 3.05) is 26.2 Å². The monoisotopic (exact) mass is 327 g/mol. The summed E-state index contributed by atoms with van der Waals surface area (Å²) in [5.41, 5.74) is 2.19. The fraction of sp³-hybridized carbons (Fsp3) is 0.333. The van der Waals surface area contributed by atoms with E-state index in [1.54, 1.807) is 17.4 Å². The van der Waals surface area contributed by atoms with Crippen LogP contribution in [0.3, 0.4) is 0 Å². The van der Waals surface area contributed by atoms with Crippen LogP contribution in [0.2, 0.25) is 0 Å². The van der Waals surface area contributed by atoms with Gasteiger partial charge in [0.05, 0.1) is 10.7 Å². The van der Waals surface area contributed by atoms with Crippen LogP contribution in [0.1, 0.15) is 16.3 Å². The molecule has 1 aromatic heterocycles. The first-order valence-electron chi connectivity index (χ1n) is 7.86. The Morgan fingerprint density at radius 2 is 1.96 bits per heavy atom. The molecule has 3 rings (SSSR count). The zero-order valence-electron chi connectivity index (χ0n) is 13.3. The summed E-state index contributed by atoms with van der Waals surface area (Å²) in [6, 6.07) is 9.92. The van der Waals surface area contributed by atoms with Crippen molar-refractivity contribution in [2.24, 2.45) is 0 Å². The van der Waals surface area contributed by atoms with Gasteiger partial charge in [0, 0.05) is 44.2 Å². The molecule has 2 aromatic rings. The standard InChI is InChI=1S/C18H21N3OS/c1-15-19-17(14-23-15)13-20-9-11-21(12-10-20)18(22)8-7-16-5-3-2-4-6-16/h2-8,14H,9-13H2,1H3/b8-7+. The summed E-state index contributed by atoms with van der Waals surface area (Å²) in [5, 5.41) is 3.23. The highest BCUT2D eigenvalue weighted by molar-refractivity contribution is 7.09. The number of rotatable bonds is 4. The molecule has 0 bridgehead atoms. The molecule has 1 aliphatic rings. The Balaban J connectivity index is 1.48. The zero-order chi connectivity index (χ0) is 16.1. The summed E-state index contributed by atoms with van der Waals surface area (Å²) in [4.78, 5) is 21.0. The molecule has 120 valence electrons. The lowest BCUT2D eigenvalue weighted by molar-refractivity contribution is -0.127. The van der Waals surface area contributed by atoms with Gasteiger partial charge in [0.1, 0.15) is 0 Å².